The van der Waals surface area contributed by atoms with Crippen LogP contribution in [-0.4, -0.2) is 34.0 Å². The van der Waals surface area contributed by atoms with Gasteiger partial charge >= 0.3 is 11.9 Å². The molecule has 8 heteroatoms. The third-order valence-corrected chi connectivity index (χ3v) is 8.88. The number of rotatable bonds is 15. The quantitative estimate of drug-likeness (QED) is 0.0549. The highest BCUT2D eigenvalue weighted by atomic mass is 16.4. The van der Waals surface area contributed by atoms with Gasteiger partial charge in [-0.3, -0.25) is 9.59 Å². The topological polar surface area (TPSA) is 161 Å². The number of benzene rings is 5. The molecule has 0 bridgehead atoms. The number of carboxylic acids is 2. The number of carboxylic acid groups (broad SMARTS) is 2. The van der Waals surface area contributed by atoms with Crippen LogP contribution < -0.4 is 11.5 Å². The van der Waals surface area contributed by atoms with E-state index in [4.69, 9.17) is 11.5 Å². The fourth-order valence-electron chi connectivity index (χ4n) is 6.84. The molecule has 228 valence electrons. The van der Waals surface area contributed by atoms with E-state index in [0.717, 1.165) is 36.6 Å². The number of amides is 2. The lowest BCUT2D eigenvalue weighted by Crippen LogP contribution is -2.17. The molecule has 2 amide bonds. The van der Waals surface area contributed by atoms with Crippen LogP contribution >= 0.6 is 0 Å². The smallest absolute Gasteiger partial charge is 0.336 e. The molecule has 6 N–H and O–H groups in total. The number of primary amides is 2. The van der Waals surface area contributed by atoms with Crippen LogP contribution in [-0.2, 0) is 6.42 Å². The second kappa shape index (κ2) is 12.9. The van der Waals surface area contributed by atoms with E-state index < -0.39 is 23.8 Å². The molecule has 0 fully saturated rings. The molecule has 5 aromatic carbocycles. The molecule has 0 aromatic heterocycles. The molecular weight excluding hydrogens is 556 g/mol. The van der Waals surface area contributed by atoms with Crippen LogP contribution in [0.4, 0.5) is 0 Å². The van der Waals surface area contributed by atoms with Crippen LogP contribution in [0.2, 0.25) is 0 Å². The van der Waals surface area contributed by atoms with Gasteiger partial charge in [-0.05, 0) is 75.0 Å². The lowest BCUT2D eigenvalue weighted by atomic mass is 9.81. The van der Waals surface area contributed by atoms with Gasteiger partial charge in [0.05, 0.1) is 11.1 Å². The summed E-state index contributed by atoms with van der Waals surface area (Å²) in [6.45, 7) is 2.22. The molecule has 0 spiro atoms. The minimum atomic E-state index is -1.23. The standard InChI is InChI=1S/C36H38N2O6/c1-2-3-4-5-6-7-8-9-10-11-12-20-19-27(34(38)40)30-24(33(37)39)16-13-22-21-14-17-25(35(41)42)31-26(36(43)44)18-15-23(29(21)31)28(20)32(22)30/h13-19H,2-12H2,1H3,(H2,37,39)(H2,38,40)(H,41,42)(H,43,44). The van der Waals surface area contributed by atoms with E-state index in [1.165, 1.54) is 50.7 Å². The zero-order chi connectivity index (χ0) is 31.5. The predicted octanol–water partition coefficient (Wildman–Crippen LogP) is 7.79. The van der Waals surface area contributed by atoms with E-state index in [0.29, 0.717) is 38.7 Å². The van der Waals surface area contributed by atoms with Crippen LogP contribution in [0.1, 0.15) is 118 Å². The Labute approximate surface area is 255 Å². The number of unbranched alkanes of at least 4 members (excludes halogenated alkanes) is 9. The molecular formula is C36H38N2O6. The Morgan fingerprint density at radius 2 is 0.977 bits per heavy atom. The molecule has 0 aliphatic heterocycles. The van der Waals surface area contributed by atoms with Crippen molar-refractivity contribution >= 4 is 66.8 Å². The molecule has 8 nitrogen and oxygen atoms in total. The number of nitrogens with two attached hydrogens (primary N) is 2. The first-order chi connectivity index (χ1) is 21.2. The SMILES string of the molecule is CCCCCCCCCCCCc1cc(C(N)=O)c2c(C(N)=O)ccc3c4ccc(C(=O)O)c5c(C(=O)O)ccc(c1c23)c54. The van der Waals surface area contributed by atoms with E-state index >= 15 is 0 Å². The van der Waals surface area contributed by atoms with Crippen molar-refractivity contribution in [2.75, 3.05) is 0 Å². The van der Waals surface area contributed by atoms with Crippen molar-refractivity contribution < 1.29 is 29.4 Å². The third kappa shape index (κ3) is 5.52. The molecule has 5 aromatic rings. The van der Waals surface area contributed by atoms with E-state index in [1.807, 2.05) is 0 Å². The fraction of sp³-hybridized carbons (Fsp3) is 0.333. The van der Waals surface area contributed by atoms with Gasteiger partial charge in [-0.2, -0.15) is 0 Å². The van der Waals surface area contributed by atoms with Crippen LogP contribution in [0.15, 0.2) is 42.5 Å². The normalized spacial score (nSPS) is 11.7. The monoisotopic (exact) mass is 594 g/mol. The van der Waals surface area contributed by atoms with Crippen molar-refractivity contribution in [1.29, 1.82) is 0 Å². The average molecular weight is 595 g/mol. The third-order valence-electron chi connectivity index (χ3n) is 8.88. The summed E-state index contributed by atoms with van der Waals surface area (Å²) in [6, 6.07) is 11.2. The highest BCUT2D eigenvalue weighted by Crippen LogP contribution is 2.45. The summed E-state index contributed by atoms with van der Waals surface area (Å²) in [7, 11) is 0. The van der Waals surface area contributed by atoms with Gasteiger partial charge in [-0.1, -0.05) is 82.9 Å². The molecule has 0 saturated carbocycles. The lowest BCUT2D eigenvalue weighted by molar-refractivity contribution is 0.0695. The number of fused-ring (bicyclic) bond motifs is 2. The van der Waals surface area contributed by atoms with Crippen molar-refractivity contribution in [3.05, 3.63) is 70.3 Å². The maximum Gasteiger partial charge on any atom is 0.336 e. The predicted molar refractivity (Wildman–Crippen MR) is 174 cm³/mol. The molecule has 44 heavy (non-hydrogen) atoms. The first-order valence-electron chi connectivity index (χ1n) is 15.5. The minimum absolute atomic E-state index is 0.110. The number of aromatic carboxylic acids is 2. The highest BCUT2D eigenvalue weighted by molar-refractivity contribution is 6.38. The molecule has 0 radical (unpaired) electrons. The summed E-state index contributed by atoms with van der Waals surface area (Å²) in [5, 5.41) is 24.4. The van der Waals surface area contributed by atoms with Gasteiger partial charge in [-0.15, -0.1) is 0 Å². The Bertz CT molecular complexity index is 1910. The summed E-state index contributed by atoms with van der Waals surface area (Å²) in [5.74, 6) is -3.85. The highest BCUT2D eigenvalue weighted by Gasteiger charge is 2.26. The van der Waals surface area contributed by atoms with Gasteiger partial charge in [0, 0.05) is 21.9 Å². The molecule has 0 saturated heterocycles. The molecule has 0 unspecified atom stereocenters. The van der Waals surface area contributed by atoms with Crippen LogP contribution in [0.5, 0.6) is 0 Å². The summed E-state index contributed by atoms with van der Waals surface area (Å²) in [6.07, 6.45) is 12.3. The van der Waals surface area contributed by atoms with Gasteiger partial charge in [0.15, 0.2) is 0 Å². The second-order valence-corrected chi connectivity index (χ2v) is 11.7. The first kappa shape index (κ1) is 30.7. The van der Waals surface area contributed by atoms with E-state index in [9.17, 15) is 29.4 Å². The van der Waals surface area contributed by atoms with Gasteiger partial charge in [0.1, 0.15) is 0 Å². The molecule has 0 aliphatic carbocycles. The van der Waals surface area contributed by atoms with E-state index in [-0.39, 0.29) is 27.6 Å². The molecule has 0 atom stereocenters. The molecule has 0 heterocycles. The Morgan fingerprint density at radius 3 is 1.50 bits per heavy atom. The van der Waals surface area contributed by atoms with Gasteiger partial charge in [0.2, 0.25) is 11.8 Å². The maximum absolute atomic E-state index is 12.8. The summed E-state index contributed by atoms with van der Waals surface area (Å²) < 4.78 is 0. The molecule has 5 rings (SSSR count). The van der Waals surface area contributed by atoms with Crippen LogP contribution in [0.3, 0.4) is 0 Å². The fourth-order valence-corrected chi connectivity index (χ4v) is 6.84. The largest absolute Gasteiger partial charge is 0.478 e. The summed E-state index contributed by atoms with van der Waals surface area (Å²) in [4.78, 5) is 50.0. The Hall–Kier alpha value is -4.72. The molecule has 0 aliphatic rings. The zero-order valence-corrected chi connectivity index (χ0v) is 25.0. The van der Waals surface area contributed by atoms with Crippen molar-refractivity contribution in [3.63, 3.8) is 0 Å². The van der Waals surface area contributed by atoms with E-state index in [2.05, 4.69) is 6.92 Å². The summed E-state index contributed by atoms with van der Waals surface area (Å²) >= 11 is 0. The zero-order valence-electron chi connectivity index (χ0n) is 25.0. The van der Waals surface area contributed by atoms with Crippen LogP contribution in [0.25, 0.3) is 43.1 Å². The van der Waals surface area contributed by atoms with Crippen molar-refractivity contribution in [2.45, 2.75) is 77.6 Å². The lowest BCUT2D eigenvalue weighted by Gasteiger charge is -2.21. The van der Waals surface area contributed by atoms with Crippen molar-refractivity contribution in [3.8, 4) is 0 Å². The van der Waals surface area contributed by atoms with Gasteiger partial charge < -0.3 is 21.7 Å². The Morgan fingerprint density at radius 1 is 0.523 bits per heavy atom. The van der Waals surface area contributed by atoms with Gasteiger partial charge in [0.25, 0.3) is 0 Å². The minimum Gasteiger partial charge on any atom is -0.478 e. The van der Waals surface area contributed by atoms with Crippen molar-refractivity contribution in [2.24, 2.45) is 11.5 Å². The Kier molecular flexibility index (Phi) is 8.99. The average Bonchev–Trinajstić information content (AvgIpc) is 2.99. The van der Waals surface area contributed by atoms with Crippen molar-refractivity contribution in [1.82, 2.24) is 0 Å². The summed E-state index contributed by atoms with van der Waals surface area (Å²) in [5.41, 5.74) is 12.6. The van der Waals surface area contributed by atoms with Gasteiger partial charge in [-0.25, -0.2) is 9.59 Å². The maximum atomic E-state index is 12.8. The first-order valence-corrected chi connectivity index (χ1v) is 15.5. The number of carbonyl (C=O) groups excluding carboxylic acids is 2. The number of carbonyl (C=O) groups is 4. The van der Waals surface area contributed by atoms with Crippen LogP contribution in [0, 0.1) is 0 Å². The number of hydrogen-bond donors (Lipinski definition) is 4. The second-order valence-electron chi connectivity index (χ2n) is 11.7. The Balaban J connectivity index is 1.70. The number of hydrogen-bond acceptors (Lipinski definition) is 4. The van der Waals surface area contributed by atoms with E-state index in [1.54, 1.807) is 30.3 Å². The number of aryl methyl sites for hydroxylation is 1.